The molecule has 4 aromatic rings. The molecule has 0 unspecified atom stereocenters. The van der Waals surface area contributed by atoms with Gasteiger partial charge in [-0.2, -0.15) is 5.10 Å². The van der Waals surface area contributed by atoms with E-state index in [2.05, 4.69) is 44.1 Å². The second-order valence-electron chi connectivity index (χ2n) is 5.06. The molecule has 6 heteroatoms. The number of aryl methyl sites for hydroxylation is 1. The van der Waals surface area contributed by atoms with Crippen LogP contribution in [0.1, 0.15) is 12.7 Å². The number of hydrogen-bond donors (Lipinski definition) is 1. The second-order valence-corrected chi connectivity index (χ2v) is 6.09. The van der Waals surface area contributed by atoms with Crippen LogP contribution in [0.4, 0.5) is 5.13 Å². The van der Waals surface area contributed by atoms with Gasteiger partial charge in [0.25, 0.3) is 0 Å². The highest BCUT2D eigenvalue weighted by atomic mass is 32.1. The van der Waals surface area contributed by atoms with E-state index in [1.807, 2.05) is 36.4 Å². The van der Waals surface area contributed by atoms with Crippen molar-refractivity contribution in [3.05, 3.63) is 54.4 Å². The molecular weight excluding hydrogens is 306 g/mol. The smallest absolute Gasteiger partial charge is 0.204 e. The predicted octanol–water partition coefficient (Wildman–Crippen LogP) is 4.11. The van der Waals surface area contributed by atoms with Gasteiger partial charge in [0, 0.05) is 6.54 Å². The summed E-state index contributed by atoms with van der Waals surface area (Å²) in [5.41, 5.74) is 6.09. The highest BCUT2D eigenvalue weighted by Gasteiger charge is 2.07. The largest absolute Gasteiger partial charge is 0.323 e. The Labute approximate surface area is 137 Å². The molecule has 0 aliphatic rings. The van der Waals surface area contributed by atoms with Crippen molar-refractivity contribution in [2.75, 3.05) is 5.43 Å². The van der Waals surface area contributed by atoms with Gasteiger partial charge in [-0.15, -0.1) is 0 Å². The molecule has 0 saturated carbocycles. The van der Waals surface area contributed by atoms with E-state index in [1.165, 1.54) is 0 Å². The molecule has 4 rings (SSSR count). The summed E-state index contributed by atoms with van der Waals surface area (Å²) in [6.45, 7) is 2.95. The molecule has 5 nitrogen and oxygen atoms in total. The average Bonchev–Trinajstić information content (AvgIpc) is 3.14. The van der Waals surface area contributed by atoms with Gasteiger partial charge in [-0.25, -0.2) is 9.97 Å². The van der Waals surface area contributed by atoms with E-state index in [9.17, 15) is 0 Å². The van der Waals surface area contributed by atoms with Crippen LogP contribution in [0.25, 0.3) is 21.3 Å². The maximum Gasteiger partial charge on any atom is 0.204 e. The van der Waals surface area contributed by atoms with Gasteiger partial charge < -0.3 is 4.57 Å². The number of hydrazone groups is 1. The van der Waals surface area contributed by atoms with E-state index in [-0.39, 0.29) is 0 Å². The molecule has 114 valence electrons. The number of benzene rings is 2. The zero-order valence-electron chi connectivity index (χ0n) is 12.6. The van der Waals surface area contributed by atoms with E-state index >= 15 is 0 Å². The molecule has 1 N–H and O–H groups in total. The summed E-state index contributed by atoms with van der Waals surface area (Å²) in [5.74, 6) is 0.835. The van der Waals surface area contributed by atoms with Crippen LogP contribution in [0.5, 0.6) is 0 Å². The minimum Gasteiger partial charge on any atom is -0.323 e. The zero-order valence-corrected chi connectivity index (χ0v) is 13.4. The van der Waals surface area contributed by atoms with E-state index in [1.54, 1.807) is 17.6 Å². The topological polar surface area (TPSA) is 55.1 Å². The third kappa shape index (κ3) is 2.57. The van der Waals surface area contributed by atoms with Crippen molar-refractivity contribution in [3.8, 4) is 0 Å². The van der Waals surface area contributed by atoms with E-state index in [0.717, 1.165) is 38.8 Å². The molecule has 0 spiro atoms. The van der Waals surface area contributed by atoms with Gasteiger partial charge in [0.1, 0.15) is 0 Å². The van der Waals surface area contributed by atoms with Crippen LogP contribution >= 0.6 is 11.3 Å². The van der Waals surface area contributed by atoms with Crippen LogP contribution in [0.2, 0.25) is 0 Å². The maximum atomic E-state index is 4.61. The Bertz CT molecular complexity index is 965. The SMILES string of the molecule is CCn1c(/C=N/Nc2nc3ccccc3s2)nc2ccccc21. The number of thiazole rings is 1. The summed E-state index contributed by atoms with van der Waals surface area (Å²) in [6.07, 6.45) is 1.75. The Morgan fingerprint density at radius 2 is 1.87 bits per heavy atom. The lowest BCUT2D eigenvalue weighted by Crippen LogP contribution is -2.01. The molecule has 0 fully saturated rings. The monoisotopic (exact) mass is 321 g/mol. The quantitative estimate of drug-likeness (QED) is 0.454. The maximum absolute atomic E-state index is 4.61. The number of nitrogens with zero attached hydrogens (tertiary/aromatic N) is 4. The summed E-state index contributed by atoms with van der Waals surface area (Å²) in [6, 6.07) is 16.2. The van der Waals surface area contributed by atoms with Crippen LogP contribution in [0, 0.1) is 0 Å². The number of para-hydroxylation sites is 3. The highest BCUT2D eigenvalue weighted by Crippen LogP contribution is 2.25. The minimum atomic E-state index is 0.779. The van der Waals surface area contributed by atoms with Gasteiger partial charge in [0.15, 0.2) is 5.82 Å². The number of anilines is 1. The van der Waals surface area contributed by atoms with Crippen LogP contribution in [-0.2, 0) is 6.54 Å². The van der Waals surface area contributed by atoms with Crippen molar-refractivity contribution in [3.63, 3.8) is 0 Å². The summed E-state index contributed by atoms with van der Waals surface area (Å²) in [5, 5.41) is 5.08. The molecule has 0 aliphatic heterocycles. The molecule has 0 aliphatic carbocycles. The summed E-state index contributed by atoms with van der Waals surface area (Å²) in [4.78, 5) is 9.11. The lowest BCUT2D eigenvalue weighted by atomic mass is 10.3. The molecule has 23 heavy (non-hydrogen) atoms. The lowest BCUT2D eigenvalue weighted by molar-refractivity contribution is 0.780. The molecule has 2 aromatic heterocycles. The Kier molecular flexibility index (Phi) is 3.51. The average molecular weight is 321 g/mol. The normalized spacial score (nSPS) is 11.7. The molecule has 2 heterocycles. The minimum absolute atomic E-state index is 0.779. The molecule has 0 atom stereocenters. The fourth-order valence-electron chi connectivity index (χ4n) is 2.59. The molecular formula is C17H15N5S. The van der Waals surface area contributed by atoms with Gasteiger partial charge >= 0.3 is 0 Å². The second kappa shape index (κ2) is 5.81. The molecule has 0 amide bonds. The predicted molar refractivity (Wildman–Crippen MR) is 96.2 cm³/mol. The lowest BCUT2D eigenvalue weighted by Gasteiger charge is -2.01. The standard InChI is InChI=1S/C17H15N5S/c1-2-22-14-9-5-3-7-12(14)19-16(22)11-18-21-17-20-13-8-4-6-10-15(13)23-17/h3-11H,2H2,1H3,(H,20,21)/b18-11+. The van der Waals surface area contributed by atoms with Crippen molar-refractivity contribution in [2.45, 2.75) is 13.5 Å². The third-order valence-corrected chi connectivity index (χ3v) is 4.58. The number of rotatable bonds is 4. The Morgan fingerprint density at radius 1 is 1.09 bits per heavy atom. The summed E-state index contributed by atoms with van der Waals surface area (Å²) < 4.78 is 3.28. The Morgan fingerprint density at radius 3 is 2.70 bits per heavy atom. The number of hydrogen-bond acceptors (Lipinski definition) is 5. The number of nitrogens with one attached hydrogen (secondary N) is 1. The molecule has 0 bridgehead atoms. The number of imidazole rings is 1. The van der Waals surface area contributed by atoms with E-state index < -0.39 is 0 Å². The molecule has 0 saturated heterocycles. The third-order valence-electron chi connectivity index (χ3n) is 3.63. The molecule has 2 aromatic carbocycles. The van der Waals surface area contributed by atoms with Gasteiger partial charge in [-0.1, -0.05) is 35.6 Å². The van der Waals surface area contributed by atoms with Crippen molar-refractivity contribution < 1.29 is 0 Å². The van der Waals surface area contributed by atoms with Crippen molar-refractivity contribution >= 4 is 43.9 Å². The van der Waals surface area contributed by atoms with E-state index in [4.69, 9.17) is 0 Å². The van der Waals surface area contributed by atoms with Crippen molar-refractivity contribution in [1.29, 1.82) is 0 Å². The van der Waals surface area contributed by atoms with Gasteiger partial charge in [0.05, 0.1) is 27.5 Å². The van der Waals surface area contributed by atoms with Gasteiger partial charge in [-0.05, 0) is 31.2 Å². The van der Waals surface area contributed by atoms with E-state index in [0.29, 0.717) is 0 Å². The van der Waals surface area contributed by atoms with Crippen LogP contribution in [0.3, 0.4) is 0 Å². The first kappa shape index (κ1) is 13.9. The Hall–Kier alpha value is -2.73. The fraction of sp³-hybridized carbons (Fsp3) is 0.118. The van der Waals surface area contributed by atoms with Crippen LogP contribution in [0.15, 0.2) is 53.6 Å². The Balaban J connectivity index is 1.61. The summed E-state index contributed by atoms with van der Waals surface area (Å²) >= 11 is 1.58. The summed E-state index contributed by atoms with van der Waals surface area (Å²) in [7, 11) is 0. The first-order valence-electron chi connectivity index (χ1n) is 7.45. The first-order chi connectivity index (χ1) is 11.3. The van der Waals surface area contributed by atoms with Gasteiger partial charge in [0.2, 0.25) is 5.13 Å². The van der Waals surface area contributed by atoms with Crippen LogP contribution in [-0.4, -0.2) is 20.7 Å². The number of aromatic nitrogens is 3. The highest BCUT2D eigenvalue weighted by molar-refractivity contribution is 7.22. The molecule has 0 radical (unpaired) electrons. The number of fused-ring (bicyclic) bond motifs is 2. The zero-order chi connectivity index (χ0) is 15.6. The first-order valence-corrected chi connectivity index (χ1v) is 8.26. The van der Waals surface area contributed by atoms with Gasteiger partial charge in [-0.3, -0.25) is 5.43 Å². The fourth-order valence-corrected chi connectivity index (χ4v) is 3.41. The van der Waals surface area contributed by atoms with Crippen LogP contribution < -0.4 is 5.43 Å². The van der Waals surface area contributed by atoms with Crippen molar-refractivity contribution in [2.24, 2.45) is 5.10 Å². The van der Waals surface area contributed by atoms with Crippen molar-refractivity contribution in [1.82, 2.24) is 14.5 Å².